The van der Waals surface area contributed by atoms with Crippen molar-refractivity contribution in [2.45, 2.75) is 64.3 Å². The Hall–Kier alpha value is 0.200. The van der Waals surface area contributed by atoms with Crippen LogP contribution in [0.15, 0.2) is 0 Å². The molecule has 3 nitrogen and oxygen atoms in total. The summed E-state index contributed by atoms with van der Waals surface area (Å²) in [6.07, 6.45) is 7.45. The Kier molecular flexibility index (Phi) is 3.47. The van der Waals surface area contributed by atoms with E-state index >= 15 is 0 Å². The van der Waals surface area contributed by atoms with E-state index in [9.17, 15) is 8.42 Å². The van der Waals surface area contributed by atoms with E-state index in [4.69, 9.17) is 11.6 Å². The molecule has 116 valence electrons. The van der Waals surface area contributed by atoms with Gasteiger partial charge in [-0.05, 0) is 61.7 Å². The van der Waals surface area contributed by atoms with Crippen LogP contribution < -0.4 is 4.72 Å². The van der Waals surface area contributed by atoms with E-state index in [1.807, 2.05) is 0 Å². The van der Waals surface area contributed by atoms with Crippen molar-refractivity contribution < 1.29 is 8.42 Å². The molecule has 20 heavy (non-hydrogen) atoms. The van der Waals surface area contributed by atoms with Crippen molar-refractivity contribution in [3.8, 4) is 0 Å². The van der Waals surface area contributed by atoms with Crippen LogP contribution in [-0.2, 0) is 10.0 Å². The molecule has 0 aromatic carbocycles. The minimum absolute atomic E-state index is 0.163. The van der Waals surface area contributed by atoms with Crippen LogP contribution >= 0.6 is 11.6 Å². The minimum atomic E-state index is -3.19. The van der Waals surface area contributed by atoms with Crippen molar-refractivity contribution in [3.63, 3.8) is 0 Å². The number of sulfonamides is 1. The molecule has 5 heteroatoms. The van der Waals surface area contributed by atoms with Crippen LogP contribution in [0.3, 0.4) is 0 Å². The molecule has 2 atom stereocenters. The molecular weight excluding hydrogens is 294 g/mol. The van der Waals surface area contributed by atoms with Crippen LogP contribution in [0.4, 0.5) is 0 Å². The molecule has 0 spiro atoms. The van der Waals surface area contributed by atoms with Crippen molar-refractivity contribution in [2.24, 2.45) is 16.7 Å². The fourth-order valence-corrected chi connectivity index (χ4v) is 7.99. The lowest BCUT2D eigenvalue weighted by Crippen LogP contribution is -2.65. The predicted octanol–water partition coefficient (Wildman–Crippen LogP) is 3.28. The van der Waals surface area contributed by atoms with Crippen molar-refractivity contribution in [1.82, 2.24) is 4.72 Å². The Bertz CT molecular complexity index is 486. The van der Waals surface area contributed by atoms with Gasteiger partial charge in [0.1, 0.15) is 0 Å². The zero-order chi connectivity index (χ0) is 14.6. The lowest BCUT2D eigenvalue weighted by Gasteiger charge is -2.65. The van der Waals surface area contributed by atoms with Gasteiger partial charge in [-0.15, -0.1) is 11.6 Å². The SMILES string of the molecule is CC12CC3CC(C)(C1)CC(NS(=O)(=O)CCCCl)(C3)C2. The summed E-state index contributed by atoms with van der Waals surface area (Å²) in [6.45, 7) is 4.72. The van der Waals surface area contributed by atoms with Crippen LogP contribution in [-0.4, -0.2) is 25.6 Å². The van der Waals surface area contributed by atoms with Crippen LogP contribution in [0.5, 0.6) is 0 Å². The molecule has 0 amide bonds. The number of halogens is 1. The fourth-order valence-electron chi connectivity index (χ4n) is 6.19. The second kappa shape index (κ2) is 4.60. The first-order valence-corrected chi connectivity index (χ1v) is 9.94. The highest BCUT2D eigenvalue weighted by atomic mass is 35.5. The Labute approximate surface area is 127 Å². The molecule has 4 bridgehead atoms. The molecule has 0 aromatic heterocycles. The lowest BCUT2D eigenvalue weighted by molar-refractivity contribution is -0.110. The van der Waals surface area contributed by atoms with Gasteiger partial charge in [-0.2, -0.15) is 0 Å². The van der Waals surface area contributed by atoms with Gasteiger partial charge >= 0.3 is 0 Å². The van der Waals surface area contributed by atoms with Gasteiger partial charge in [0.2, 0.25) is 10.0 Å². The second-order valence-corrected chi connectivity index (χ2v) is 10.6. The van der Waals surface area contributed by atoms with Gasteiger partial charge in [-0.1, -0.05) is 13.8 Å². The summed E-state index contributed by atoms with van der Waals surface area (Å²) in [5.74, 6) is 1.28. The van der Waals surface area contributed by atoms with E-state index in [-0.39, 0.29) is 11.3 Å². The third-order valence-corrected chi connectivity index (χ3v) is 7.38. The molecular formula is C15H26ClNO2S. The largest absolute Gasteiger partial charge is 0.212 e. The number of rotatable bonds is 5. The van der Waals surface area contributed by atoms with Crippen LogP contribution in [0.25, 0.3) is 0 Å². The molecule has 4 saturated carbocycles. The highest BCUT2D eigenvalue weighted by molar-refractivity contribution is 7.89. The Morgan fingerprint density at radius 1 is 1.10 bits per heavy atom. The van der Waals surface area contributed by atoms with E-state index in [2.05, 4.69) is 18.6 Å². The normalized spacial score (nSPS) is 46.9. The first-order chi connectivity index (χ1) is 9.17. The molecule has 0 aliphatic heterocycles. The summed E-state index contributed by atoms with van der Waals surface area (Å²) in [7, 11) is -3.19. The van der Waals surface area contributed by atoms with Crippen molar-refractivity contribution >= 4 is 21.6 Å². The Balaban J connectivity index is 1.82. The van der Waals surface area contributed by atoms with E-state index in [1.165, 1.54) is 19.3 Å². The highest BCUT2D eigenvalue weighted by Crippen LogP contribution is 2.66. The van der Waals surface area contributed by atoms with Gasteiger partial charge in [0.25, 0.3) is 0 Å². The van der Waals surface area contributed by atoms with Crippen LogP contribution in [0.1, 0.15) is 58.8 Å². The highest BCUT2D eigenvalue weighted by Gasteiger charge is 2.60. The van der Waals surface area contributed by atoms with E-state index in [0.29, 0.717) is 29.0 Å². The lowest BCUT2D eigenvalue weighted by atomic mass is 9.43. The van der Waals surface area contributed by atoms with Gasteiger partial charge in [-0.3, -0.25) is 0 Å². The maximum absolute atomic E-state index is 12.3. The van der Waals surface area contributed by atoms with Gasteiger partial charge in [0, 0.05) is 11.4 Å². The summed E-state index contributed by atoms with van der Waals surface area (Å²) in [6, 6.07) is 0. The van der Waals surface area contributed by atoms with E-state index in [0.717, 1.165) is 19.3 Å². The van der Waals surface area contributed by atoms with Gasteiger partial charge < -0.3 is 0 Å². The first-order valence-electron chi connectivity index (χ1n) is 7.75. The quantitative estimate of drug-likeness (QED) is 0.790. The predicted molar refractivity (Wildman–Crippen MR) is 82.4 cm³/mol. The Morgan fingerprint density at radius 3 is 2.20 bits per heavy atom. The summed E-state index contributed by atoms with van der Waals surface area (Å²) < 4.78 is 27.7. The molecule has 2 unspecified atom stereocenters. The minimum Gasteiger partial charge on any atom is -0.212 e. The third kappa shape index (κ3) is 2.76. The number of nitrogens with one attached hydrogen (secondary N) is 1. The van der Waals surface area contributed by atoms with E-state index < -0.39 is 10.0 Å². The summed E-state index contributed by atoms with van der Waals surface area (Å²) >= 11 is 5.64. The van der Waals surface area contributed by atoms with Gasteiger partial charge in [-0.25, -0.2) is 13.1 Å². The average molecular weight is 320 g/mol. The molecule has 4 aliphatic carbocycles. The van der Waals surface area contributed by atoms with Crippen molar-refractivity contribution in [3.05, 3.63) is 0 Å². The van der Waals surface area contributed by atoms with Crippen LogP contribution in [0.2, 0.25) is 0 Å². The number of alkyl halides is 1. The molecule has 4 rings (SSSR count). The Morgan fingerprint density at radius 2 is 1.70 bits per heavy atom. The molecule has 0 radical (unpaired) electrons. The molecule has 4 aliphatic rings. The van der Waals surface area contributed by atoms with Gasteiger partial charge in [0.05, 0.1) is 5.75 Å². The van der Waals surface area contributed by atoms with Gasteiger partial charge in [0.15, 0.2) is 0 Å². The number of hydrogen-bond acceptors (Lipinski definition) is 2. The monoisotopic (exact) mass is 319 g/mol. The zero-order valence-corrected chi connectivity index (χ0v) is 14.1. The van der Waals surface area contributed by atoms with Crippen LogP contribution in [0, 0.1) is 16.7 Å². The van der Waals surface area contributed by atoms with E-state index in [1.54, 1.807) is 0 Å². The standard InChI is InChI=1S/C15H26ClNO2S/c1-13-6-12-7-14(2,9-13)11-15(8-12,10-13)17-20(18,19)5-3-4-16/h12,17H,3-11H2,1-2H3. The molecule has 0 heterocycles. The average Bonchev–Trinajstić information content (AvgIpc) is 2.19. The molecule has 0 saturated heterocycles. The second-order valence-electron chi connectivity index (χ2n) is 8.37. The maximum atomic E-state index is 12.3. The topological polar surface area (TPSA) is 46.2 Å². The maximum Gasteiger partial charge on any atom is 0.212 e. The smallest absolute Gasteiger partial charge is 0.212 e. The fraction of sp³-hybridized carbons (Fsp3) is 1.00. The third-order valence-electron chi connectivity index (χ3n) is 5.54. The zero-order valence-electron chi connectivity index (χ0n) is 12.5. The van der Waals surface area contributed by atoms with Crippen molar-refractivity contribution in [1.29, 1.82) is 0 Å². The molecule has 4 fully saturated rings. The molecule has 0 aromatic rings. The summed E-state index contributed by atoms with van der Waals surface area (Å²) in [5, 5.41) is 0. The summed E-state index contributed by atoms with van der Waals surface area (Å²) in [4.78, 5) is 0. The van der Waals surface area contributed by atoms with Crippen molar-refractivity contribution in [2.75, 3.05) is 11.6 Å². The molecule has 1 N–H and O–H groups in total. The summed E-state index contributed by atoms with van der Waals surface area (Å²) in [5.41, 5.74) is 0.500. The first kappa shape index (κ1) is 15.1. The number of hydrogen-bond donors (Lipinski definition) is 1.